The molecule has 7 heteroatoms. The number of nitrogens with one attached hydrogen (secondary N) is 1. The van der Waals surface area contributed by atoms with Gasteiger partial charge in [0, 0.05) is 11.8 Å². The number of amides is 1. The summed E-state index contributed by atoms with van der Waals surface area (Å²) in [6.07, 6.45) is 2.91. The van der Waals surface area contributed by atoms with Gasteiger partial charge in [0.05, 0.1) is 16.9 Å². The first-order valence-electron chi connectivity index (χ1n) is 6.79. The van der Waals surface area contributed by atoms with Crippen LogP contribution >= 0.6 is 11.6 Å². The molecule has 0 radical (unpaired) electrons. The quantitative estimate of drug-likeness (QED) is 0.592. The molecule has 0 fully saturated rings. The number of aromatic nitrogens is 2. The van der Waals surface area contributed by atoms with E-state index in [1.54, 1.807) is 35.7 Å². The first kappa shape index (κ1) is 15.2. The number of hydrazone groups is 1. The number of fused-ring (bicyclic) bond motifs is 1. The van der Waals surface area contributed by atoms with Crippen molar-refractivity contribution in [1.82, 2.24) is 14.8 Å². The number of nitrogens with zero attached hydrogens (tertiary/aromatic N) is 3. The molecule has 0 atom stereocenters. The highest BCUT2D eigenvalue weighted by Gasteiger charge is 2.15. The highest BCUT2D eigenvalue weighted by atomic mass is 35.5. The molecule has 0 saturated heterocycles. The van der Waals surface area contributed by atoms with E-state index in [4.69, 9.17) is 11.6 Å². The van der Waals surface area contributed by atoms with Crippen molar-refractivity contribution in [3.05, 3.63) is 70.4 Å². The van der Waals surface area contributed by atoms with E-state index in [0.717, 1.165) is 0 Å². The maximum atomic E-state index is 13.6. The maximum absolute atomic E-state index is 13.6. The van der Waals surface area contributed by atoms with Crippen LogP contribution in [0.1, 0.15) is 21.7 Å². The summed E-state index contributed by atoms with van der Waals surface area (Å²) < 4.78 is 15.3. The molecule has 116 valence electrons. The van der Waals surface area contributed by atoms with Crippen molar-refractivity contribution in [3.8, 4) is 0 Å². The number of carbonyl (C=O) groups excluding carboxylic acids is 1. The Bertz CT molecular complexity index is 899. The molecule has 1 N–H and O–H groups in total. The van der Waals surface area contributed by atoms with Gasteiger partial charge in [0.2, 0.25) is 0 Å². The zero-order chi connectivity index (χ0) is 16.4. The Kier molecular flexibility index (Phi) is 4.08. The van der Waals surface area contributed by atoms with Crippen LogP contribution < -0.4 is 5.43 Å². The van der Waals surface area contributed by atoms with E-state index in [1.807, 2.05) is 6.07 Å². The molecular weight excluding hydrogens is 319 g/mol. The van der Waals surface area contributed by atoms with Crippen molar-refractivity contribution in [2.45, 2.75) is 6.92 Å². The number of aryl methyl sites for hydroxylation is 1. The van der Waals surface area contributed by atoms with Crippen LogP contribution in [0.3, 0.4) is 0 Å². The first-order valence-corrected chi connectivity index (χ1v) is 7.17. The molecule has 0 unspecified atom stereocenters. The highest BCUT2D eigenvalue weighted by molar-refractivity contribution is 6.33. The van der Waals surface area contributed by atoms with Crippen molar-refractivity contribution in [2.24, 2.45) is 5.10 Å². The molecule has 0 aliphatic heterocycles. The fourth-order valence-corrected chi connectivity index (χ4v) is 2.44. The number of rotatable bonds is 3. The van der Waals surface area contributed by atoms with Gasteiger partial charge in [-0.3, -0.25) is 9.20 Å². The number of hydrogen-bond donors (Lipinski definition) is 1. The monoisotopic (exact) mass is 330 g/mol. The summed E-state index contributed by atoms with van der Waals surface area (Å²) in [7, 11) is 0. The highest BCUT2D eigenvalue weighted by Crippen LogP contribution is 2.16. The Morgan fingerprint density at radius 1 is 1.35 bits per heavy atom. The van der Waals surface area contributed by atoms with Gasteiger partial charge in [0.25, 0.3) is 5.91 Å². The van der Waals surface area contributed by atoms with E-state index >= 15 is 0 Å². The molecule has 1 aromatic carbocycles. The fourth-order valence-electron chi connectivity index (χ4n) is 2.23. The third-order valence-electron chi connectivity index (χ3n) is 3.28. The Morgan fingerprint density at radius 2 is 2.17 bits per heavy atom. The van der Waals surface area contributed by atoms with Crippen molar-refractivity contribution < 1.29 is 9.18 Å². The minimum atomic E-state index is -0.513. The lowest BCUT2D eigenvalue weighted by atomic mass is 10.2. The lowest BCUT2D eigenvalue weighted by Crippen LogP contribution is -2.20. The van der Waals surface area contributed by atoms with Crippen molar-refractivity contribution in [3.63, 3.8) is 0 Å². The van der Waals surface area contributed by atoms with Gasteiger partial charge in [-0.2, -0.15) is 5.10 Å². The standard InChI is InChI=1S/C16H12ClFN4O/c1-10-15(22-8-3-2-7-14(22)20-10)16(23)21-19-9-11-12(17)5-4-6-13(11)18/h2-9H,1H3,(H,21,23)/b19-9+. The lowest BCUT2D eigenvalue weighted by molar-refractivity contribution is 0.0948. The van der Waals surface area contributed by atoms with E-state index < -0.39 is 11.7 Å². The summed E-state index contributed by atoms with van der Waals surface area (Å²) in [5.74, 6) is -0.952. The summed E-state index contributed by atoms with van der Waals surface area (Å²) in [5, 5.41) is 3.99. The number of hydrogen-bond acceptors (Lipinski definition) is 3. The van der Waals surface area contributed by atoms with Gasteiger partial charge < -0.3 is 0 Å². The van der Waals surface area contributed by atoms with Crippen molar-refractivity contribution in [1.29, 1.82) is 0 Å². The smallest absolute Gasteiger partial charge is 0.290 e. The molecule has 0 aliphatic rings. The zero-order valence-corrected chi connectivity index (χ0v) is 12.9. The zero-order valence-electron chi connectivity index (χ0n) is 12.1. The van der Waals surface area contributed by atoms with Gasteiger partial charge in [-0.25, -0.2) is 14.8 Å². The topological polar surface area (TPSA) is 58.8 Å². The van der Waals surface area contributed by atoms with Crippen LogP contribution in [-0.4, -0.2) is 21.5 Å². The molecule has 3 rings (SSSR count). The Labute approximate surface area is 136 Å². The number of halogens is 2. The summed E-state index contributed by atoms with van der Waals surface area (Å²) >= 11 is 5.89. The van der Waals surface area contributed by atoms with Crippen molar-refractivity contribution in [2.75, 3.05) is 0 Å². The first-order chi connectivity index (χ1) is 11.1. The summed E-state index contributed by atoms with van der Waals surface area (Å²) in [4.78, 5) is 16.6. The molecule has 2 aromatic heterocycles. The summed E-state index contributed by atoms with van der Waals surface area (Å²) in [6.45, 7) is 1.74. The third-order valence-corrected chi connectivity index (χ3v) is 3.61. The molecular formula is C16H12ClFN4O. The normalized spacial score (nSPS) is 11.3. The number of carbonyl (C=O) groups is 1. The second-order valence-corrected chi connectivity index (χ2v) is 5.22. The largest absolute Gasteiger partial charge is 0.295 e. The van der Waals surface area contributed by atoms with Crippen LogP contribution in [0.5, 0.6) is 0 Å². The Morgan fingerprint density at radius 3 is 2.96 bits per heavy atom. The van der Waals surface area contributed by atoms with E-state index in [1.165, 1.54) is 18.3 Å². The molecule has 0 spiro atoms. The Balaban J connectivity index is 1.84. The molecule has 23 heavy (non-hydrogen) atoms. The fraction of sp³-hybridized carbons (Fsp3) is 0.0625. The second kappa shape index (κ2) is 6.18. The predicted molar refractivity (Wildman–Crippen MR) is 86.4 cm³/mol. The molecule has 0 bridgehead atoms. The number of benzene rings is 1. The SMILES string of the molecule is Cc1nc2ccccn2c1C(=O)N/N=C/c1c(F)cccc1Cl. The van der Waals surface area contributed by atoms with Gasteiger partial charge in [0.1, 0.15) is 17.2 Å². The second-order valence-electron chi connectivity index (χ2n) is 4.81. The van der Waals surface area contributed by atoms with Gasteiger partial charge in [-0.15, -0.1) is 0 Å². The average molecular weight is 331 g/mol. The average Bonchev–Trinajstić information content (AvgIpc) is 2.86. The third kappa shape index (κ3) is 2.93. The minimum absolute atomic E-state index is 0.115. The molecule has 5 nitrogen and oxygen atoms in total. The van der Waals surface area contributed by atoms with E-state index in [9.17, 15) is 9.18 Å². The molecule has 0 saturated carbocycles. The maximum Gasteiger partial charge on any atom is 0.290 e. The van der Waals surface area contributed by atoms with Gasteiger partial charge in [-0.1, -0.05) is 23.7 Å². The van der Waals surface area contributed by atoms with E-state index in [0.29, 0.717) is 17.0 Å². The summed E-state index contributed by atoms with van der Waals surface area (Å²) in [5.41, 5.74) is 4.09. The predicted octanol–water partition coefficient (Wildman–Crippen LogP) is 3.20. The van der Waals surface area contributed by atoms with Crippen LogP contribution in [0.2, 0.25) is 5.02 Å². The molecule has 2 heterocycles. The number of pyridine rings is 1. The van der Waals surface area contributed by atoms with Crippen LogP contribution in [0.15, 0.2) is 47.7 Å². The van der Waals surface area contributed by atoms with Gasteiger partial charge in [-0.05, 0) is 31.2 Å². The number of imidazole rings is 1. The molecule has 1 amide bonds. The van der Waals surface area contributed by atoms with E-state index in [2.05, 4.69) is 15.5 Å². The summed E-state index contributed by atoms with van der Waals surface area (Å²) in [6, 6.07) is 9.74. The van der Waals surface area contributed by atoms with Crippen molar-refractivity contribution >= 4 is 29.4 Å². The van der Waals surface area contributed by atoms with Gasteiger partial charge in [0.15, 0.2) is 0 Å². The van der Waals surface area contributed by atoms with Crippen LogP contribution in [0.25, 0.3) is 5.65 Å². The molecule has 0 aliphatic carbocycles. The van der Waals surface area contributed by atoms with Crippen LogP contribution in [-0.2, 0) is 0 Å². The molecule has 3 aromatic rings. The van der Waals surface area contributed by atoms with Crippen LogP contribution in [0, 0.1) is 12.7 Å². The van der Waals surface area contributed by atoms with Gasteiger partial charge >= 0.3 is 0 Å². The Hall–Kier alpha value is -2.73. The van der Waals surface area contributed by atoms with E-state index in [-0.39, 0.29) is 10.6 Å². The van der Waals surface area contributed by atoms with Crippen LogP contribution in [0.4, 0.5) is 4.39 Å². The lowest BCUT2D eigenvalue weighted by Gasteiger charge is -2.02. The minimum Gasteiger partial charge on any atom is -0.295 e.